The van der Waals surface area contributed by atoms with Crippen LogP contribution in [0, 0.1) is 0 Å². The fourth-order valence-electron chi connectivity index (χ4n) is 3.22. The van der Waals surface area contributed by atoms with Gasteiger partial charge in [-0.1, -0.05) is 0 Å². The van der Waals surface area contributed by atoms with Gasteiger partial charge in [-0.3, -0.25) is 0 Å². The average molecular weight is 603 g/mol. The van der Waals surface area contributed by atoms with E-state index in [9.17, 15) is 4.79 Å². The van der Waals surface area contributed by atoms with Crippen molar-refractivity contribution in [1.29, 1.82) is 0 Å². The molecule has 39 heavy (non-hydrogen) atoms. The van der Waals surface area contributed by atoms with Gasteiger partial charge in [0.25, 0.3) is 0 Å². The van der Waals surface area contributed by atoms with Gasteiger partial charge in [-0.2, -0.15) is 0 Å². The maximum atomic E-state index is 12.5. The summed E-state index contributed by atoms with van der Waals surface area (Å²) in [6.45, 7) is 2.79. The van der Waals surface area contributed by atoms with Crippen LogP contribution in [-0.4, -0.2) is 65.0 Å². The van der Waals surface area contributed by atoms with Crippen LogP contribution in [0.2, 0.25) is 0 Å². The first-order valence-electron chi connectivity index (χ1n) is 12.2. The van der Waals surface area contributed by atoms with Gasteiger partial charge in [-0.05, 0) is 82.7 Å². The topological polar surface area (TPSA) is 107 Å². The van der Waals surface area contributed by atoms with Crippen molar-refractivity contribution in [2.24, 2.45) is 0 Å². The maximum absolute atomic E-state index is 12.5. The van der Waals surface area contributed by atoms with E-state index in [0.29, 0.717) is 52.0 Å². The molecule has 2 heterocycles. The largest absolute Gasteiger partial charge is 0.468 e. The van der Waals surface area contributed by atoms with Gasteiger partial charge in [0.1, 0.15) is 41.0 Å². The van der Waals surface area contributed by atoms with Gasteiger partial charge in [0.05, 0.1) is 36.5 Å². The number of hydrogen-bond acceptors (Lipinski definition) is 10. The Kier molecular flexibility index (Phi) is 9.52. The zero-order valence-corrected chi connectivity index (χ0v) is 22.5. The average Bonchev–Trinajstić information content (AvgIpc) is 3.88. The van der Waals surface area contributed by atoms with Crippen molar-refractivity contribution < 1.29 is 47.4 Å². The Bertz CT molecular complexity index is 1210. The molecule has 0 spiro atoms. The lowest BCUT2D eigenvalue weighted by Crippen LogP contribution is -2.10. The summed E-state index contributed by atoms with van der Waals surface area (Å²) in [6, 6.07) is 18.7. The second-order valence-electron chi connectivity index (χ2n) is 8.56. The molecule has 2 saturated heterocycles. The Labute approximate surface area is 233 Å². The quantitative estimate of drug-likeness (QED) is 0.0759. The minimum atomic E-state index is -0.497. The molecule has 206 valence electrons. The van der Waals surface area contributed by atoms with Crippen LogP contribution < -0.4 is 23.7 Å². The highest BCUT2D eigenvalue weighted by Gasteiger charge is 2.22. The summed E-state index contributed by atoms with van der Waals surface area (Å²) >= 11 is 3.44. The second kappa shape index (κ2) is 13.6. The summed E-state index contributed by atoms with van der Waals surface area (Å²) in [5, 5.41) is 0. The van der Waals surface area contributed by atoms with Gasteiger partial charge in [0, 0.05) is 0 Å². The normalized spacial score (nSPS) is 17.3. The number of esters is 1. The van der Waals surface area contributed by atoms with Crippen LogP contribution in [-0.2, 0) is 18.9 Å². The monoisotopic (exact) mass is 602 g/mol. The van der Waals surface area contributed by atoms with Crippen LogP contribution in [0.5, 0.6) is 28.7 Å². The molecule has 0 amide bonds. The molecule has 10 nitrogen and oxygen atoms in total. The minimum absolute atomic E-state index is 0.0176. The molecule has 0 aromatic heterocycles. The molecule has 0 saturated carbocycles. The molecule has 0 aliphatic carbocycles. The molecule has 3 aromatic carbocycles. The fourth-order valence-corrected chi connectivity index (χ4v) is 3.69. The van der Waals surface area contributed by atoms with E-state index >= 15 is 0 Å². The van der Waals surface area contributed by atoms with Gasteiger partial charge in [0.15, 0.2) is 13.6 Å². The van der Waals surface area contributed by atoms with E-state index in [0.717, 1.165) is 13.2 Å². The third-order valence-corrected chi connectivity index (χ3v) is 6.12. The van der Waals surface area contributed by atoms with Crippen molar-refractivity contribution in [2.45, 2.75) is 12.2 Å². The predicted molar refractivity (Wildman–Crippen MR) is 140 cm³/mol. The summed E-state index contributed by atoms with van der Waals surface area (Å²) < 4.78 is 49.2. The number of rotatable bonds is 16. The Balaban J connectivity index is 1.02. The number of epoxide rings is 2. The van der Waals surface area contributed by atoms with Crippen LogP contribution in [0.3, 0.4) is 0 Å². The van der Waals surface area contributed by atoms with Gasteiger partial charge < -0.3 is 42.6 Å². The molecule has 0 radical (unpaired) electrons. The van der Waals surface area contributed by atoms with E-state index in [1.165, 1.54) is 0 Å². The first kappa shape index (κ1) is 27.2. The maximum Gasteiger partial charge on any atom is 0.343 e. The molecule has 0 bridgehead atoms. The highest BCUT2D eigenvalue weighted by Crippen LogP contribution is 2.30. The Morgan fingerprint density at radius 2 is 1.18 bits per heavy atom. The van der Waals surface area contributed by atoms with Crippen LogP contribution in [0.15, 0.2) is 71.2 Å². The highest BCUT2D eigenvalue weighted by atomic mass is 79.9. The van der Waals surface area contributed by atoms with Gasteiger partial charge in [-0.25, -0.2) is 4.79 Å². The van der Waals surface area contributed by atoms with Crippen molar-refractivity contribution in [3.05, 3.63) is 76.8 Å². The van der Waals surface area contributed by atoms with Gasteiger partial charge >= 0.3 is 5.97 Å². The molecule has 2 unspecified atom stereocenters. The van der Waals surface area contributed by atoms with Crippen molar-refractivity contribution >= 4 is 21.9 Å². The third-order valence-electron chi connectivity index (χ3n) is 5.50. The number of carbonyl (C=O) groups excluding carboxylic acids is 1. The molecule has 5 rings (SSSR count). The van der Waals surface area contributed by atoms with Crippen LogP contribution in [0.1, 0.15) is 10.4 Å². The van der Waals surface area contributed by atoms with E-state index in [1.807, 2.05) is 0 Å². The van der Waals surface area contributed by atoms with Crippen LogP contribution >= 0.6 is 15.9 Å². The standard InChI is InChI=1S/C28H27BrO10/c29-26-11-23(39-28(30)19-1-3-20(4-2-19)35-16-31-12-24-14-33-24)9-10-27(26)38-18-37-22-7-5-21(6-8-22)36-17-32-13-25-15-34-25/h1-11,24-25H,12-18H2. The SMILES string of the molecule is O=C(Oc1ccc(OCOc2ccc(OCOCC3CO3)cc2)c(Br)c1)c1ccc(OCOCC2CO2)cc1. The minimum Gasteiger partial charge on any atom is -0.468 e. The number of halogens is 1. The highest BCUT2D eigenvalue weighted by molar-refractivity contribution is 9.10. The lowest BCUT2D eigenvalue weighted by Gasteiger charge is -2.12. The second-order valence-corrected chi connectivity index (χ2v) is 9.42. The van der Waals surface area contributed by atoms with Crippen LogP contribution in [0.4, 0.5) is 0 Å². The first-order chi connectivity index (χ1) is 19.1. The summed E-state index contributed by atoms with van der Waals surface area (Å²) in [4.78, 5) is 12.5. The van der Waals surface area contributed by atoms with E-state index in [2.05, 4.69) is 15.9 Å². The Morgan fingerprint density at radius 1 is 0.692 bits per heavy atom. The molecule has 3 aromatic rings. The van der Waals surface area contributed by atoms with Crippen molar-refractivity contribution in [3.63, 3.8) is 0 Å². The fraction of sp³-hybridized carbons (Fsp3) is 0.321. The zero-order chi connectivity index (χ0) is 26.9. The first-order valence-corrected chi connectivity index (χ1v) is 13.0. The molecule has 2 fully saturated rings. The van der Waals surface area contributed by atoms with Gasteiger partial charge in [-0.15, -0.1) is 0 Å². The van der Waals surface area contributed by atoms with E-state index in [1.54, 1.807) is 66.7 Å². The third kappa shape index (κ3) is 9.12. The summed E-state index contributed by atoms with van der Waals surface area (Å²) in [5.41, 5.74) is 0.385. The summed E-state index contributed by atoms with van der Waals surface area (Å²) in [6.07, 6.45) is 0.390. The smallest absolute Gasteiger partial charge is 0.343 e. The van der Waals surface area contributed by atoms with Crippen LogP contribution in [0.25, 0.3) is 0 Å². The van der Waals surface area contributed by atoms with E-state index in [4.69, 9.17) is 42.6 Å². The van der Waals surface area contributed by atoms with Crippen molar-refractivity contribution in [1.82, 2.24) is 0 Å². The lowest BCUT2D eigenvalue weighted by atomic mass is 10.2. The number of ether oxygens (including phenoxy) is 9. The van der Waals surface area contributed by atoms with Crippen molar-refractivity contribution in [3.8, 4) is 28.7 Å². The molecule has 2 aliphatic rings. The number of benzene rings is 3. The summed E-state index contributed by atoms with van der Waals surface area (Å²) in [5.74, 6) is 2.27. The zero-order valence-electron chi connectivity index (χ0n) is 20.9. The number of carbonyl (C=O) groups is 1. The number of hydrogen-bond donors (Lipinski definition) is 0. The molecule has 0 N–H and O–H groups in total. The molecule has 2 atom stereocenters. The molecule has 11 heteroatoms. The summed E-state index contributed by atoms with van der Waals surface area (Å²) in [7, 11) is 0. The molecular formula is C28H27BrO10. The van der Waals surface area contributed by atoms with Gasteiger partial charge in [0.2, 0.25) is 6.79 Å². The van der Waals surface area contributed by atoms with E-state index in [-0.39, 0.29) is 32.6 Å². The predicted octanol–water partition coefficient (Wildman–Crippen LogP) is 4.59. The van der Waals surface area contributed by atoms with E-state index < -0.39 is 5.97 Å². The molecule has 2 aliphatic heterocycles. The Hall–Kier alpha value is -3.35. The van der Waals surface area contributed by atoms with Crippen molar-refractivity contribution in [2.75, 3.05) is 46.8 Å². The lowest BCUT2D eigenvalue weighted by molar-refractivity contribution is 0.00806. The Morgan fingerprint density at radius 3 is 1.69 bits per heavy atom. The molecular weight excluding hydrogens is 576 g/mol.